The van der Waals surface area contributed by atoms with Gasteiger partial charge in [-0.15, -0.1) is 0 Å². The van der Waals surface area contributed by atoms with Crippen LogP contribution in [0.5, 0.6) is 0 Å². The van der Waals surface area contributed by atoms with Crippen LogP contribution < -0.4 is 0 Å². The Morgan fingerprint density at radius 1 is 1.64 bits per heavy atom. The Morgan fingerprint density at radius 3 is 2.91 bits per heavy atom. The Kier molecular flexibility index (Phi) is 3.87. The van der Waals surface area contributed by atoms with E-state index in [9.17, 15) is 0 Å². The molecule has 0 bridgehead atoms. The Hall–Kier alpha value is -0.0800. The van der Waals surface area contributed by atoms with Crippen molar-refractivity contribution in [3.8, 4) is 0 Å². The average Bonchev–Trinajstić information content (AvgIpc) is 2.07. The molecule has 0 aliphatic heterocycles. The molecule has 0 aromatic rings. The Labute approximate surface area is 75.9 Å². The Bertz CT molecular complexity index is 172. The van der Waals surface area contributed by atoms with Crippen molar-refractivity contribution >= 4 is 15.9 Å². The van der Waals surface area contributed by atoms with Gasteiger partial charge in [0.15, 0.2) is 0 Å². The van der Waals surface area contributed by atoms with Crippen molar-refractivity contribution in [3.63, 3.8) is 0 Å². The number of aliphatic hydroxyl groups excluding tert-OH is 1. The predicted molar refractivity (Wildman–Crippen MR) is 50.8 cm³/mol. The van der Waals surface area contributed by atoms with Crippen molar-refractivity contribution in [2.24, 2.45) is 5.92 Å². The van der Waals surface area contributed by atoms with Crippen LogP contribution in [0.3, 0.4) is 0 Å². The molecule has 1 unspecified atom stereocenters. The van der Waals surface area contributed by atoms with Gasteiger partial charge in [-0.1, -0.05) is 39.7 Å². The molecule has 11 heavy (non-hydrogen) atoms. The monoisotopic (exact) mass is 216 g/mol. The highest BCUT2D eigenvalue weighted by Crippen LogP contribution is 2.18. The fourth-order valence-corrected chi connectivity index (χ4v) is 1.60. The van der Waals surface area contributed by atoms with Gasteiger partial charge < -0.3 is 5.11 Å². The molecule has 1 aliphatic carbocycles. The lowest BCUT2D eigenvalue weighted by Gasteiger charge is -2.12. The largest absolute Gasteiger partial charge is 0.396 e. The SMILES string of the molecule is OCC1C=CC(CCBr)=CC1. The van der Waals surface area contributed by atoms with Crippen LogP contribution in [-0.2, 0) is 0 Å². The van der Waals surface area contributed by atoms with Crippen molar-refractivity contribution in [2.75, 3.05) is 11.9 Å². The van der Waals surface area contributed by atoms with Gasteiger partial charge in [-0.05, 0) is 12.8 Å². The number of rotatable bonds is 3. The molecule has 2 heteroatoms. The lowest BCUT2D eigenvalue weighted by atomic mass is 9.96. The van der Waals surface area contributed by atoms with Crippen LogP contribution in [0.2, 0.25) is 0 Å². The number of hydrogen-bond donors (Lipinski definition) is 1. The molecule has 0 aromatic heterocycles. The van der Waals surface area contributed by atoms with Gasteiger partial charge in [0.1, 0.15) is 0 Å². The van der Waals surface area contributed by atoms with Gasteiger partial charge in [-0.25, -0.2) is 0 Å². The van der Waals surface area contributed by atoms with E-state index in [2.05, 4.69) is 34.2 Å². The molecule has 1 N–H and O–H groups in total. The second-order valence-corrected chi connectivity index (χ2v) is 3.55. The minimum atomic E-state index is 0.272. The average molecular weight is 217 g/mol. The summed E-state index contributed by atoms with van der Waals surface area (Å²) in [6, 6.07) is 0. The van der Waals surface area contributed by atoms with Crippen LogP contribution >= 0.6 is 15.9 Å². The molecule has 1 rings (SSSR count). The molecule has 0 aromatic carbocycles. The zero-order chi connectivity index (χ0) is 8.10. The summed E-state index contributed by atoms with van der Waals surface area (Å²) in [4.78, 5) is 0. The summed E-state index contributed by atoms with van der Waals surface area (Å²) in [5, 5.41) is 9.84. The molecule has 1 nitrogen and oxygen atoms in total. The summed E-state index contributed by atoms with van der Waals surface area (Å²) < 4.78 is 0. The summed E-state index contributed by atoms with van der Waals surface area (Å²) in [7, 11) is 0. The maximum atomic E-state index is 8.82. The first-order valence-corrected chi connectivity index (χ1v) is 5.03. The number of alkyl halides is 1. The number of hydrogen-bond acceptors (Lipinski definition) is 1. The maximum absolute atomic E-state index is 8.82. The van der Waals surface area contributed by atoms with Gasteiger partial charge in [-0.3, -0.25) is 0 Å². The summed E-state index contributed by atoms with van der Waals surface area (Å²) in [5.41, 5.74) is 1.38. The molecule has 0 saturated carbocycles. The summed E-state index contributed by atoms with van der Waals surface area (Å²) >= 11 is 3.39. The van der Waals surface area contributed by atoms with Crippen molar-refractivity contribution < 1.29 is 5.11 Å². The van der Waals surface area contributed by atoms with Gasteiger partial charge in [0, 0.05) is 17.9 Å². The predicted octanol–water partition coefficient (Wildman–Crippen LogP) is 2.27. The molecule has 0 radical (unpaired) electrons. The van der Waals surface area contributed by atoms with Crippen molar-refractivity contribution in [1.82, 2.24) is 0 Å². The highest BCUT2D eigenvalue weighted by molar-refractivity contribution is 9.09. The molecule has 0 fully saturated rings. The number of halogens is 1. The molecule has 0 spiro atoms. The van der Waals surface area contributed by atoms with Crippen LogP contribution in [0, 0.1) is 5.92 Å². The second-order valence-electron chi connectivity index (χ2n) is 2.76. The van der Waals surface area contributed by atoms with Crippen LogP contribution in [-0.4, -0.2) is 17.0 Å². The Morgan fingerprint density at radius 2 is 2.45 bits per heavy atom. The molecular weight excluding hydrogens is 204 g/mol. The second kappa shape index (κ2) is 4.73. The van der Waals surface area contributed by atoms with E-state index >= 15 is 0 Å². The zero-order valence-corrected chi connectivity index (χ0v) is 8.05. The molecule has 0 heterocycles. The highest BCUT2D eigenvalue weighted by atomic mass is 79.9. The standard InChI is InChI=1S/C9H13BrO/c10-6-5-8-1-3-9(7-11)4-2-8/h1-3,9,11H,4-7H2. The summed E-state index contributed by atoms with van der Waals surface area (Å²) in [5.74, 6) is 0.356. The van der Waals surface area contributed by atoms with Gasteiger partial charge in [0.05, 0.1) is 0 Å². The first-order valence-electron chi connectivity index (χ1n) is 3.91. The minimum Gasteiger partial charge on any atom is -0.396 e. The van der Waals surface area contributed by atoms with E-state index in [0.717, 1.165) is 18.2 Å². The van der Waals surface area contributed by atoms with Crippen molar-refractivity contribution in [3.05, 3.63) is 23.8 Å². The lowest BCUT2D eigenvalue weighted by Crippen LogP contribution is -2.04. The fraction of sp³-hybridized carbons (Fsp3) is 0.556. The van der Waals surface area contributed by atoms with Crippen LogP contribution in [0.25, 0.3) is 0 Å². The van der Waals surface area contributed by atoms with Crippen LogP contribution in [0.15, 0.2) is 23.8 Å². The van der Waals surface area contributed by atoms with E-state index in [0.29, 0.717) is 5.92 Å². The van der Waals surface area contributed by atoms with Gasteiger partial charge in [0.2, 0.25) is 0 Å². The minimum absolute atomic E-state index is 0.272. The molecule has 62 valence electrons. The van der Waals surface area contributed by atoms with E-state index in [1.54, 1.807) is 0 Å². The van der Waals surface area contributed by atoms with Crippen LogP contribution in [0.1, 0.15) is 12.8 Å². The third-order valence-corrected chi connectivity index (χ3v) is 2.28. The summed E-state index contributed by atoms with van der Waals surface area (Å²) in [6.45, 7) is 0.272. The van der Waals surface area contributed by atoms with Crippen molar-refractivity contribution in [1.29, 1.82) is 0 Å². The molecule has 0 amide bonds. The highest BCUT2D eigenvalue weighted by Gasteiger charge is 2.05. The van der Waals surface area contributed by atoms with Gasteiger partial charge in [0.25, 0.3) is 0 Å². The van der Waals surface area contributed by atoms with E-state index < -0.39 is 0 Å². The Balaban J connectivity index is 2.39. The third kappa shape index (κ3) is 2.80. The van der Waals surface area contributed by atoms with Crippen LogP contribution in [0.4, 0.5) is 0 Å². The fourth-order valence-electron chi connectivity index (χ4n) is 1.14. The first-order chi connectivity index (χ1) is 5.36. The maximum Gasteiger partial charge on any atom is 0.0496 e. The normalized spacial score (nSPS) is 23.5. The molecular formula is C9H13BrO. The van der Waals surface area contributed by atoms with Gasteiger partial charge >= 0.3 is 0 Å². The third-order valence-electron chi connectivity index (χ3n) is 1.88. The van der Waals surface area contributed by atoms with Gasteiger partial charge in [-0.2, -0.15) is 0 Å². The molecule has 0 saturated heterocycles. The van der Waals surface area contributed by atoms with E-state index in [-0.39, 0.29) is 6.61 Å². The smallest absolute Gasteiger partial charge is 0.0496 e. The molecule has 1 aliphatic rings. The van der Waals surface area contributed by atoms with Crippen molar-refractivity contribution in [2.45, 2.75) is 12.8 Å². The van der Waals surface area contributed by atoms with E-state index in [4.69, 9.17) is 5.11 Å². The lowest BCUT2D eigenvalue weighted by molar-refractivity contribution is 0.253. The first kappa shape index (κ1) is 9.01. The quantitative estimate of drug-likeness (QED) is 0.719. The summed E-state index contributed by atoms with van der Waals surface area (Å²) in [6.07, 6.45) is 8.51. The topological polar surface area (TPSA) is 20.2 Å². The zero-order valence-electron chi connectivity index (χ0n) is 6.46. The number of allylic oxidation sites excluding steroid dienone is 3. The number of aliphatic hydroxyl groups is 1. The van der Waals surface area contributed by atoms with E-state index in [1.165, 1.54) is 5.57 Å². The molecule has 1 atom stereocenters. The van der Waals surface area contributed by atoms with E-state index in [1.807, 2.05) is 0 Å².